The van der Waals surface area contributed by atoms with Crippen LogP contribution in [0.3, 0.4) is 0 Å². The lowest BCUT2D eigenvalue weighted by molar-refractivity contribution is 0.385. The SMILES string of the molecule is CN(CC1CCn2ccnc2C1)c1ccncc1C#N. The van der Waals surface area contributed by atoms with Gasteiger partial charge in [0.2, 0.25) is 0 Å². The summed E-state index contributed by atoms with van der Waals surface area (Å²) in [4.78, 5) is 10.6. The molecule has 20 heavy (non-hydrogen) atoms. The predicted molar refractivity (Wildman–Crippen MR) is 76.3 cm³/mol. The molecule has 0 N–H and O–H groups in total. The summed E-state index contributed by atoms with van der Waals surface area (Å²) >= 11 is 0. The fourth-order valence-electron chi connectivity index (χ4n) is 2.86. The van der Waals surface area contributed by atoms with Gasteiger partial charge in [-0.2, -0.15) is 5.26 Å². The number of hydrogen-bond donors (Lipinski definition) is 0. The fraction of sp³-hybridized carbons (Fsp3) is 0.400. The smallest absolute Gasteiger partial charge is 0.108 e. The molecule has 0 saturated heterocycles. The molecule has 2 aromatic rings. The van der Waals surface area contributed by atoms with E-state index in [1.807, 2.05) is 25.5 Å². The van der Waals surface area contributed by atoms with Gasteiger partial charge in [-0.3, -0.25) is 4.98 Å². The van der Waals surface area contributed by atoms with Gasteiger partial charge in [0.1, 0.15) is 11.9 Å². The first-order valence-electron chi connectivity index (χ1n) is 6.83. The van der Waals surface area contributed by atoms with Crippen LogP contribution in [0.25, 0.3) is 0 Å². The van der Waals surface area contributed by atoms with E-state index in [1.165, 1.54) is 5.82 Å². The topological polar surface area (TPSA) is 57.7 Å². The molecule has 0 amide bonds. The van der Waals surface area contributed by atoms with Crippen molar-refractivity contribution in [1.82, 2.24) is 14.5 Å². The van der Waals surface area contributed by atoms with Crippen molar-refractivity contribution in [1.29, 1.82) is 5.26 Å². The standard InChI is InChI=1S/C15H17N5/c1-19(14-2-4-17-10-13(14)9-16)11-12-3-6-20-7-5-18-15(20)8-12/h2,4-5,7,10,12H,3,6,8,11H2,1H3. The Morgan fingerprint density at radius 2 is 2.40 bits per heavy atom. The van der Waals surface area contributed by atoms with Crippen LogP contribution in [-0.4, -0.2) is 28.1 Å². The average Bonchev–Trinajstić information content (AvgIpc) is 2.94. The van der Waals surface area contributed by atoms with Gasteiger partial charge in [0.15, 0.2) is 0 Å². The third kappa shape index (κ3) is 2.37. The van der Waals surface area contributed by atoms with Gasteiger partial charge in [-0.15, -0.1) is 0 Å². The van der Waals surface area contributed by atoms with Gasteiger partial charge >= 0.3 is 0 Å². The van der Waals surface area contributed by atoms with Crippen molar-refractivity contribution in [2.45, 2.75) is 19.4 Å². The molecule has 1 aliphatic heterocycles. The second-order valence-electron chi connectivity index (χ2n) is 5.28. The second kappa shape index (κ2) is 5.33. The predicted octanol–water partition coefficient (Wildman–Crippen LogP) is 1.85. The van der Waals surface area contributed by atoms with E-state index in [9.17, 15) is 0 Å². The number of rotatable bonds is 3. The number of fused-ring (bicyclic) bond motifs is 1. The molecule has 3 rings (SSSR count). The molecule has 5 heteroatoms. The molecule has 0 spiro atoms. The second-order valence-corrected chi connectivity index (χ2v) is 5.28. The van der Waals surface area contributed by atoms with Crippen LogP contribution in [0.15, 0.2) is 30.9 Å². The summed E-state index contributed by atoms with van der Waals surface area (Å²) in [5.74, 6) is 1.75. The highest BCUT2D eigenvalue weighted by Crippen LogP contribution is 2.23. The van der Waals surface area contributed by atoms with E-state index in [0.717, 1.165) is 31.6 Å². The van der Waals surface area contributed by atoms with E-state index in [2.05, 4.69) is 25.5 Å². The molecule has 102 valence electrons. The van der Waals surface area contributed by atoms with Gasteiger partial charge in [-0.1, -0.05) is 0 Å². The van der Waals surface area contributed by atoms with Crippen LogP contribution in [0.5, 0.6) is 0 Å². The van der Waals surface area contributed by atoms with Gasteiger partial charge in [-0.05, 0) is 18.4 Å². The number of imidazole rings is 1. The first-order valence-corrected chi connectivity index (χ1v) is 6.83. The number of nitrogens with zero attached hydrogens (tertiary/aromatic N) is 5. The van der Waals surface area contributed by atoms with Crippen molar-refractivity contribution in [2.75, 3.05) is 18.5 Å². The zero-order valence-electron chi connectivity index (χ0n) is 11.5. The molecule has 1 atom stereocenters. The molecule has 0 aliphatic carbocycles. The van der Waals surface area contributed by atoms with E-state index in [0.29, 0.717) is 11.5 Å². The Balaban J connectivity index is 1.71. The summed E-state index contributed by atoms with van der Waals surface area (Å²) in [6.07, 6.45) is 9.44. The third-order valence-electron chi connectivity index (χ3n) is 3.91. The molecule has 1 aliphatic rings. The molecular formula is C15H17N5. The van der Waals surface area contributed by atoms with E-state index in [4.69, 9.17) is 5.26 Å². The van der Waals surface area contributed by atoms with Crippen molar-refractivity contribution in [3.8, 4) is 6.07 Å². The minimum absolute atomic E-state index is 0.578. The lowest BCUT2D eigenvalue weighted by Crippen LogP contribution is -2.31. The molecule has 0 radical (unpaired) electrons. The highest BCUT2D eigenvalue weighted by molar-refractivity contribution is 5.57. The number of anilines is 1. The number of hydrogen-bond acceptors (Lipinski definition) is 4. The maximum Gasteiger partial charge on any atom is 0.108 e. The monoisotopic (exact) mass is 267 g/mol. The zero-order valence-corrected chi connectivity index (χ0v) is 11.5. The van der Waals surface area contributed by atoms with Crippen LogP contribution < -0.4 is 4.90 Å². The normalized spacial score (nSPS) is 17.3. The summed E-state index contributed by atoms with van der Waals surface area (Å²) in [7, 11) is 2.04. The largest absolute Gasteiger partial charge is 0.373 e. The average molecular weight is 267 g/mol. The van der Waals surface area contributed by atoms with Gasteiger partial charge in [-0.25, -0.2) is 4.98 Å². The Kier molecular flexibility index (Phi) is 3.38. The van der Waals surface area contributed by atoms with Crippen LogP contribution in [0, 0.1) is 17.2 Å². The van der Waals surface area contributed by atoms with Crippen molar-refractivity contribution >= 4 is 5.69 Å². The molecule has 2 aromatic heterocycles. The Labute approximate surface area is 118 Å². The number of aryl methyl sites for hydroxylation is 1. The van der Waals surface area contributed by atoms with Crippen LogP contribution in [0.2, 0.25) is 0 Å². The fourth-order valence-corrected chi connectivity index (χ4v) is 2.86. The first-order chi connectivity index (χ1) is 9.78. The summed E-state index contributed by atoms with van der Waals surface area (Å²) in [6.45, 7) is 1.97. The third-order valence-corrected chi connectivity index (χ3v) is 3.91. The van der Waals surface area contributed by atoms with E-state index < -0.39 is 0 Å². The zero-order chi connectivity index (χ0) is 13.9. The van der Waals surface area contributed by atoms with Crippen molar-refractivity contribution in [2.24, 2.45) is 5.92 Å². The highest BCUT2D eigenvalue weighted by Gasteiger charge is 2.21. The van der Waals surface area contributed by atoms with Gasteiger partial charge in [0.25, 0.3) is 0 Å². The van der Waals surface area contributed by atoms with Crippen LogP contribution in [0.1, 0.15) is 17.8 Å². The number of pyridine rings is 1. The van der Waals surface area contributed by atoms with Crippen molar-refractivity contribution in [3.05, 3.63) is 42.2 Å². The van der Waals surface area contributed by atoms with Gasteiger partial charge < -0.3 is 9.47 Å². The molecular weight excluding hydrogens is 250 g/mol. The Morgan fingerprint density at radius 3 is 3.25 bits per heavy atom. The van der Waals surface area contributed by atoms with Crippen LogP contribution >= 0.6 is 0 Å². The first kappa shape index (κ1) is 12.7. The summed E-state index contributed by atoms with van der Waals surface area (Å²) in [5.41, 5.74) is 1.59. The number of aromatic nitrogens is 3. The molecule has 1 unspecified atom stereocenters. The van der Waals surface area contributed by atoms with Crippen molar-refractivity contribution in [3.63, 3.8) is 0 Å². The maximum absolute atomic E-state index is 9.15. The van der Waals surface area contributed by atoms with E-state index >= 15 is 0 Å². The number of nitriles is 1. The lowest BCUT2D eigenvalue weighted by Gasteiger charge is -2.29. The Hall–Kier alpha value is -2.35. The van der Waals surface area contributed by atoms with E-state index in [-0.39, 0.29) is 0 Å². The quantitative estimate of drug-likeness (QED) is 0.851. The lowest BCUT2D eigenvalue weighted by atomic mass is 9.97. The summed E-state index contributed by atoms with van der Waals surface area (Å²) < 4.78 is 2.23. The Morgan fingerprint density at radius 1 is 1.50 bits per heavy atom. The van der Waals surface area contributed by atoms with Gasteiger partial charge in [0.05, 0.1) is 11.3 Å². The summed E-state index contributed by atoms with van der Waals surface area (Å²) in [6, 6.07) is 4.11. The molecule has 0 saturated carbocycles. The summed E-state index contributed by atoms with van der Waals surface area (Å²) in [5, 5.41) is 9.15. The van der Waals surface area contributed by atoms with Crippen LogP contribution in [0.4, 0.5) is 5.69 Å². The Bertz CT molecular complexity index is 640. The maximum atomic E-state index is 9.15. The van der Waals surface area contributed by atoms with Crippen molar-refractivity contribution < 1.29 is 0 Å². The van der Waals surface area contributed by atoms with Gasteiger partial charge in [0, 0.05) is 51.3 Å². The molecule has 0 bridgehead atoms. The van der Waals surface area contributed by atoms with Crippen LogP contribution in [-0.2, 0) is 13.0 Å². The molecule has 5 nitrogen and oxygen atoms in total. The molecule has 0 fully saturated rings. The highest BCUT2D eigenvalue weighted by atomic mass is 15.1. The molecule has 0 aromatic carbocycles. The molecule has 3 heterocycles. The van der Waals surface area contributed by atoms with E-state index in [1.54, 1.807) is 12.4 Å². The minimum atomic E-state index is 0.578. The minimum Gasteiger partial charge on any atom is -0.373 e.